The predicted octanol–water partition coefficient (Wildman–Crippen LogP) is 2.48. The number of hydrogen-bond acceptors (Lipinski definition) is 4. The normalized spacial score (nSPS) is 10.1. The van der Waals surface area contributed by atoms with Crippen molar-refractivity contribution in [3.8, 4) is 11.5 Å². The van der Waals surface area contributed by atoms with Gasteiger partial charge in [0.05, 0.1) is 7.11 Å². The summed E-state index contributed by atoms with van der Waals surface area (Å²) in [4.78, 5) is 11.9. The van der Waals surface area contributed by atoms with E-state index in [4.69, 9.17) is 15.2 Å². The average molecular weight is 300 g/mol. The molecule has 0 radical (unpaired) electrons. The largest absolute Gasteiger partial charge is 0.493 e. The Morgan fingerprint density at radius 3 is 2.50 bits per heavy atom. The molecular formula is C17H20N2O3. The van der Waals surface area contributed by atoms with Gasteiger partial charge in [0.15, 0.2) is 18.1 Å². The second-order valence-electron chi connectivity index (χ2n) is 4.89. The Kier molecular flexibility index (Phi) is 5.38. The molecule has 0 saturated heterocycles. The molecule has 0 aliphatic rings. The molecule has 22 heavy (non-hydrogen) atoms. The number of benzene rings is 2. The van der Waals surface area contributed by atoms with E-state index in [-0.39, 0.29) is 12.5 Å². The molecular weight excluding hydrogens is 280 g/mol. The highest BCUT2D eigenvalue weighted by Crippen LogP contribution is 2.27. The lowest BCUT2D eigenvalue weighted by Crippen LogP contribution is -2.20. The molecule has 0 fully saturated rings. The standard InChI is InChI=1S/C17H20N2O3/c1-12-3-8-15(16(9-12)21-2)22-11-17(20)19-14-6-4-13(10-18)5-7-14/h3-9H,10-11,18H2,1-2H3,(H,19,20). The number of anilines is 1. The van der Waals surface area contributed by atoms with E-state index in [9.17, 15) is 4.79 Å². The summed E-state index contributed by atoms with van der Waals surface area (Å²) in [6.45, 7) is 2.35. The predicted molar refractivity (Wildman–Crippen MR) is 86.2 cm³/mol. The van der Waals surface area contributed by atoms with E-state index in [0.29, 0.717) is 23.7 Å². The monoisotopic (exact) mass is 300 g/mol. The molecule has 2 rings (SSSR count). The van der Waals surface area contributed by atoms with Crippen LogP contribution in [-0.2, 0) is 11.3 Å². The van der Waals surface area contributed by atoms with Crippen molar-refractivity contribution in [2.45, 2.75) is 13.5 Å². The first-order chi connectivity index (χ1) is 10.6. The van der Waals surface area contributed by atoms with Crippen molar-refractivity contribution < 1.29 is 14.3 Å². The average Bonchev–Trinajstić information content (AvgIpc) is 2.54. The summed E-state index contributed by atoms with van der Waals surface area (Å²) in [5.41, 5.74) is 8.32. The number of nitrogens with two attached hydrogens (primary N) is 1. The van der Waals surface area contributed by atoms with Gasteiger partial charge in [-0.2, -0.15) is 0 Å². The van der Waals surface area contributed by atoms with Crippen molar-refractivity contribution in [3.05, 3.63) is 53.6 Å². The minimum Gasteiger partial charge on any atom is -0.493 e. The number of aryl methyl sites for hydroxylation is 1. The number of carbonyl (C=O) groups excluding carboxylic acids is 1. The molecule has 0 unspecified atom stereocenters. The van der Waals surface area contributed by atoms with Crippen molar-refractivity contribution in [1.29, 1.82) is 0 Å². The first-order valence-corrected chi connectivity index (χ1v) is 6.98. The second kappa shape index (κ2) is 7.47. The maximum atomic E-state index is 11.9. The van der Waals surface area contributed by atoms with Gasteiger partial charge >= 0.3 is 0 Å². The highest BCUT2D eigenvalue weighted by molar-refractivity contribution is 5.91. The number of hydrogen-bond donors (Lipinski definition) is 2. The molecule has 0 aliphatic carbocycles. The third-order valence-corrected chi connectivity index (χ3v) is 3.15. The summed E-state index contributed by atoms with van der Waals surface area (Å²) in [5.74, 6) is 0.921. The second-order valence-corrected chi connectivity index (χ2v) is 4.89. The van der Waals surface area contributed by atoms with Gasteiger partial charge in [0.25, 0.3) is 5.91 Å². The molecule has 3 N–H and O–H groups in total. The van der Waals surface area contributed by atoms with Gasteiger partial charge in [-0.1, -0.05) is 18.2 Å². The van der Waals surface area contributed by atoms with Crippen molar-refractivity contribution in [2.24, 2.45) is 5.73 Å². The van der Waals surface area contributed by atoms with Crippen LogP contribution in [0.1, 0.15) is 11.1 Å². The zero-order valence-electron chi connectivity index (χ0n) is 12.8. The molecule has 2 aromatic rings. The van der Waals surface area contributed by atoms with E-state index in [2.05, 4.69) is 5.32 Å². The minimum atomic E-state index is -0.233. The lowest BCUT2D eigenvalue weighted by atomic mass is 10.2. The van der Waals surface area contributed by atoms with E-state index in [1.807, 2.05) is 43.3 Å². The SMILES string of the molecule is COc1cc(C)ccc1OCC(=O)Nc1ccc(CN)cc1. The van der Waals surface area contributed by atoms with Crippen LogP contribution >= 0.6 is 0 Å². The van der Waals surface area contributed by atoms with Crippen molar-refractivity contribution in [3.63, 3.8) is 0 Å². The minimum absolute atomic E-state index is 0.0853. The van der Waals surface area contributed by atoms with E-state index in [0.717, 1.165) is 11.1 Å². The first-order valence-electron chi connectivity index (χ1n) is 6.98. The van der Waals surface area contributed by atoms with Crippen LogP contribution in [0, 0.1) is 6.92 Å². The Morgan fingerprint density at radius 1 is 1.14 bits per heavy atom. The third kappa shape index (κ3) is 4.23. The molecule has 0 aliphatic heterocycles. The number of rotatable bonds is 6. The Labute approximate surface area is 130 Å². The summed E-state index contributed by atoms with van der Waals surface area (Å²) in [7, 11) is 1.57. The number of ether oxygens (including phenoxy) is 2. The maximum absolute atomic E-state index is 11.9. The lowest BCUT2D eigenvalue weighted by molar-refractivity contribution is -0.118. The molecule has 5 heteroatoms. The highest BCUT2D eigenvalue weighted by Gasteiger charge is 2.08. The number of carbonyl (C=O) groups is 1. The van der Waals surface area contributed by atoms with Crippen LogP contribution in [-0.4, -0.2) is 19.6 Å². The van der Waals surface area contributed by atoms with Gasteiger partial charge in [-0.15, -0.1) is 0 Å². The van der Waals surface area contributed by atoms with Crippen LogP contribution in [0.2, 0.25) is 0 Å². The van der Waals surface area contributed by atoms with Crippen molar-refractivity contribution >= 4 is 11.6 Å². The molecule has 116 valence electrons. The Hall–Kier alpha value is -2.53. The lowest BCUT2D eigenvalue weighted by Gasteiger charge is -2.11. The van der Waals surface area contributed by atoms with Crippen LogP contribution < -0.4 is 20.5 Å². The van der Waals surface area contributed by atoms with Crippen LogP contribution in [0.25, 0.3) is 0 Å². The summed E-state index contributed by atoms with van der Waals surface area (Å²) >= 11 is 0. The number of nitrogens with one attached hydrogen (secondary N) is 1. The molecule has 2 aromatic carbocycles. The maximum Gasteiger partial charge on any atom is 0.262 e. The van der Waals surface area contributed by atoms with Crippen LogP contribution in [0.15, 0.2) is 42.5 Å². The fourth-order valence-corrected chi connectivity index (χ4v) is 1.96. The number of amides is 1. The molecule has 5 nitrogen and oxygen atoms in total. The van der Waals surface area contributed by atoms with Gasteiger partial charge in [-0.05, 0) is 42.3 Å². The van der Waals surface area contributed by atoms with Gasteiger partial charge in [0.2, 0.25) is 0 Å². The van der Waals surface area contributed by atoms with Crippen LogP contribution in [0.5, 0.6) is 11.5 Å². The molecule has 1 amide bonds. The highest BCUT2D eigenvalue weighted by atomic mass is 16.5. The van der Waals surface area contributed by atoms with Gasteiger partial charge in [-0.25, -0.2) is 0 Å². The quantitative estimate of drug-likeness (QED) is 0.859. The fraction of sp³-hybridized carbons (Fsp3) is 0.235. The Bertz CT molecular complexity index is 639. The van der Waals surface area contributed by atoms with Crippen molar-refractivity contribution in [2.75, 3.05) is 19.0 Å². The summed E-state index contributed by atoms with van der Waals surface area (Å²) in [6.07, 6.45) is 0. The third-order valence-electron chi connectivity index (χ3n) is 3.15. The van der Waals surface area contributed by atoms with Gasteiger partial charge in [0.1, 0.15) is 0 Å². The molecule has 0 spiro atoms. The summed E-state index contributed by atoms with van der Waals surface area (Å²) < 4.78 is 10.7. The topological polar surface area (TPSA) is 73.6 Å². The number of methoxy groups -OCH3 is 1. The first kappa shape index (κ1) is 15.9. The summed E-state index contributed by atoms with van der Waals surface area (Å²) in [5, 5.41) is 2.77. The molecule has 0 atom stereocenters. The molecule has 0 aromatic heterocycles. The van der Waals surface area contributed by atoms with Crippen molar-refractivity contribution in [1.82, 2.24) is 0 Å². The molecule has 0 saturated carbocycles. The van der Waals surface area contributed by atoms with E-state index in [1.165, 1.54) is 0 Å². The molecule has 0 heterocycles. The fourth-order valence-electron chi connectivity index (χ4n) is 1.96. The van der Waals surface area contributed by atoms with Gasteiger partial charge < -0.3 is 20.5 Å². The van der Waals surface area contributed by atoms with Gasteiger partial charge in [-0.3, -0.25) is 4.79 Å². The molecule has 0 bridgehead atoms. The smallest absolute Gasteiger partial charge is 0.262 e. The van der Waals surface area contributed by atoms with E-state index < -0.39 is 0 Å². The van der Waals surface area contributed by atoms with Gasteiger partial charge in [0, 0.05) is 12.2 Å². The zero-order valence-corrected chi connectivity index (χ0v) is 12.8. The Morgan fingerprint density at radius 2 is 1.86 bits per heavy atom. The van der Waals surface area contributed by atoms with E-state index >= 15 is 0 Å². The van der Waals surface area contributed by atoms with Crippen LogP contribution in [0.3, 0.4) is 0 Å². The van der Waals surface area contributed by atoms with E-state index in [1.54, 1.807) is 13.2 Å². The Balaban J connectivity index is 1.92. The zero-order chi connectivity index (χ0) is 15.9. The summed E-state index contributed by atoms with van der Waals surface area (Å²) in [6, 6.07) is 12.9. The van der Waals surface area contributed by atoms with Crippen LogP contribution in [0.4, 0.5) is 5.69 Å².